The third-order valence-electron chi connectivity index (χ3n) is 2.35. The van der Waals surface area contributed by atoms with Crippen molar-refractivity contribution in [3.8, 4) is 0 Å². The van der Waals surface area contributed by atoms with E-state index in [2.05, 4.69) is 20.2 Å². The average molecular weight is 192 g/mol. The molecule has 0 aliphatic heterocycles. The topological polar surface area (TPSA) is 41.0 Å². The predicted molar refractivity (Wildman–Crippen MR) is 56.3 cm³/mol. The lowest BCUT2D eigenvalue weighted by molar-refractivity contribution is 0.669. The largest absolute Gasteiger partial charge is 0.343 e. The smallest absolute Gasteiger partial charge is 0.225 e. The highest BCUT2D eigenvalue weighted by molar-refractivity contribution is 5.26. The molecular formula is C10H16N4. The molecule has 4 nitrogen and oxygen atoms in total. The van der Waals surface area contributed by atoms with Crippen LogP contribution in [0.5, 0.6) is 0 Å². The van der Waals surface area contributed by atoms with Crippen LogP contribution in [0.4, 0.5) is 5.95 Å². The minimum atomic E-state index is 0.778. The molecule has 14 heavy (non-hydrogen) atoms. The maximum Gasteiger partial charge on any atom is 0.225 e. The van der Waals surface area contributed by atoms with Crippen LogP contribution in [0.1, 0.15) is 12.8 Å². The number of anilines is 1. The quantitative estimate of drug-likeness (QED) is 0.744. The molecule has 0 spiro atoms. The maximum absolute atomic E-state index is 4.18. The monoisotopic (exact) mass is 192 g/mol. The zero-order valence-electron chi connectivity index (χ0n) is 8.48. The molecule has 1 saturated carbocycles. The standard InChI is InChI=1S/C10H16N4/c1-14(8-7-11-9-3-4-9)10-12-5-2-6-13-10/h2,5-6,9,11H,3-4,7-8H2,1H3. The lowest BCUT2D eigenvalue weighted by Crippen LogP contribution is -2.31. The van der Waals surface area contributed by atoms with Gasteiger partial charge in [-0.05, 0) is 18.9 Å². The number of aromatic nitrogens is 2. The van der Waals surface area contributed by atoms with Crippen molar-refractivity contribution in [2.75, 3.05) is 25.0 Å². The molecule has 0 unspecified atom stereocenters. The molecule has 1 aliphatic carbocycles. The first-order valence-corrected chi connectivity index (χ1v) is 5.08. The Hall–Kier alpha value is -1.16. The fraction of sp³-hybridized carbons (Fsp3) is 0.600. The summed E-state index contributed by atoms with van der Waals surface area (Å²) in [5.41, 5.74) is 0. The molecule has 1 N–H and O–H groups in total. The Morgan fingerprint density at radius 2 is 2.14 bits per heavy atom. The van der Waals surface area contributed by atoms with E-state index in [4.69, 9.17) is 0 Å². The lowest BCUT2D eigenvalue weighted by atomic mass is 10.5. The third kappa shape index (κ3) is 2.67. The van der Waals surface area contributed by atoms with Crippen molar-refractivity contribution < 1.29 is 0 Å². The van der Waals surface area contributed by atoms with Crippen LogP contribution in [0.25, 0.3) is 0 Å². The van der Waals surface area contributed by atoms with E-state index in [0.29, 0.717) is 0 Å². The highest BCUT2D eigenvalue weighted by Crippen LogP contribution is 2.18. The number of rotatable bonds is 5. The average Bonchev–Trinajstić information content (AvgIpc) is 3.03. The number of likely N-dealkylation sites (N-methyl/N-ethyl adjacent to an activating group) is 1. The zero-order chi connectivity index (χ0) is 9.80. The minimum absolute atomic E-state index is 0.778. The van der Waals surface area contributed by atoms with Crippen LogP contribution in [0.15, 0.2) is 18.5 Å². The molecule has 1 heterocycles. The Morgan fingerprint density at radius 1 is 1.43 bits per heavy atom. The highest BCUT2D eigenvalue weighted by atomic mass is 15.2. The molecule has 0 saturated heterocycles. The molecule has 76 valence electrons. The van der Waals surface area contributed by atoms with Crippen molar-refractivity contribution >= 4 is 5.95 Å². The summed E-state index contributed by atoms with van der Waals surface area (Å²) in [6.45, 7) is 1.97. The Kier molecular flexibility index (Phi) is 2.93. The van der Waals surface area contributed by atoms with E-state index in [9.17, 15) is 0 Å². The SMILES string of the molecule is CN(CCNC1CC1)c1ncccn1. The van der Waals surface area contributed by atoms with Crippen molar-refractivity contribution in [3.05, 3.63) is 18.5 Å². The van der Waals surface area contributed by atoms with Crippen molar-refractivity contribution in [1.29, 1.82) is 0 Å². The molecule has 0 aromatic carbocycles. The van der Waals surface area contributed by atoms with Gasteiger partial charge >= 0.3 is 0 Å². The van der Waals surface area contributed by atoms with E-state index in [0.717, 1.165) is 25.1 Å². The second-order valence-corrected chi connectivity index (χ2v) is 3.70. The van der Waals surface area contributed by atoms with Gasteiger partial charge < -0.3 is 10.2 Å². The minimum Gasteiger partial charge on any atom is -0.343 e. The Labute approximate surface area is 84.4 Å². The summed E-state index contributed by atoms with van der Waals surface area (Å²) in [6.07, 6.45) is 6.22. The molecule has 1 aromatic rings. The van der Waals surface area contributed by atoms with Gasteiger partial charge in [-0.2, -0.15) is 0 Å². The van der Waals surface area contributed by atoms with Crippen molar-refractivity contribution in [2.45, 2.75) is 18.9 Å². The summed E-state index contributed by atoms with van der Waals surface area (Å²) in [6, 6.07) is 2.61. The van der Waals surface area contributed by atoms with Gasteiger partial charge in [0.25, 0.3) is 0 Å². The van der Waals surface area contributed by atoms with Crippen LogP contribution in [0, 0.1) is 0 Å². The van der Waals surface area contributed by atoms with Crippen LogP contribution in [0.3, 0.4) is 0 Å². The first kappa shape index (κ1) is 9.40. The van der Waals surface area contributed by atoms with E-state index >= 15 is 0 Å². The molecule has 1 aromatic heterocycles. The number of hydrogen-bond donors (Lipinski definition) is 1. The van der Waals surface area contributed by atoms with Crippen molar-refractivity contribution in [2.24, 2.45) is 0 Å². The molecule has 0 radical (unpaired) electrons. The molecule has 2 rings (SSSR count). The van der Waals surface area contributed by atoms with Gasteiger partial charge in [-0.25, -0.2) is 9.97 Å². The first-order valence-electron chi connectivity index (χ1n) is 5.08. The van der Waals surface area contributed by atoms with Crippen molar-refractivity contribution in [1.82, 2.24) is 15.3 Å². The molecule has 4 heteroatoms. The highest BCUT2D eigenvalue weighted by Gasteiger charge is 2.19. The van der Waals surface area contributed by atoms with Gasteiger partial charge in [-0.3, -0.25) is 0 Å². The van der Waals surface area contributed by atoms with E-state index in [1.807, 2.05) is 13.1 Å². The predicted octanol–water partition coefficient (Wildman–Crippen LogP) is 0.665. The van der Waals surface area contributed by atoms with Gasteiger partial charge in [0, 0.05) is 38.6 Å². The molecular weight excluding hydrogens is 176 g/mol. The van der Waals surface area contributed by atoms with E-state index in [1.54, 1.807) is 12.4 Å². The second kappa shape index (κ2) is 4.37. The molecule has 0 bridgehead atoms. The van der Waals surface area contributed by atoms with Crippen LogP contribution in [0.2, 0.25) is 0 Å². The fourth-order valence-corrected chi connectivity index (χ4v) is 1.31. The number of hydrogen-bond acceptors (Lipinski definition) is 4. The van der Waals surface area contributed by atoms with E-state index in [1.165, 1.54) is 12.8 Å². The van der Waals surface area contributed by atoms with E-state index in [-0.39, 0.29) is 0 Å². The van der Waals surface area contributed by atoms with Gasteiger partial charge in [-0.15, -0.1) is 0 Å². The number of nitrogens with one attached hydrogen (secondary N) is 1. The fourth-order valence-electron chi connectivity index (χ4n) is 1.31. The Bertz CT molecular complexity index is 271. The van der Waals surface area contributed by atoms with Gasteiger partial charge in [0.2, 0.25) is 5.95 Å². The third-order valence-corrected chi connectivity index (χ3v) is 2.35. The molecule has 1 fully saturated rings. The summed E-state index contributed by atoms with van der Waals surface area (Å²) in [7, 11) is 2.02. The summed E-state index contributed by atoms with van der Waals surface area (Å²) in [5.74, 6) is 0.796. The van der Waals surface area contributed by atoms with Gasteiger partial charge in [0.1, 0.15) is 0 Å². The van der Waals surface area contributed by atoms with Gasteiger partial charge in [0.15, 0.2) is 0 Å². The van der Waals surface area contributed by atoms with Crippen LogP contribution >= 0.6 is 0 Å². The molecule has 0 atom stereocenters. The van der Waals surface area contributed by atoms with Gasteiger partial charge in [-0.1, -0.05) is 0 Å². The maximum atomic E-state index is 4.18. The zero-order valence-corrected chi connectivity index (χ0v) is 8.48. The summed E-state index contributed by atoms with van der Waals surface area (Å²) < 4.78 is 0. The summed E-state index contributed by atoms with van der Waals surface area (Å²) in [4.78, 5) is 10.4. The second-order valence-electron chi connectivity index (χ2n) is 3.70. The first-order chi connectivity index (χ1) is 6.86. The number of nitrogens with zero attached hydrogens (tertiary/aromatic N) is 3. The summed E-state index contributed by atoms with van der Waals surface area (Å²) >= 11 is 0. The Balaban J connectivity index is 1.74. The molecule has 0 amide bonds. The lowest BCUT2D eigenvalue weighted by Gasteiger charge is -2.16. The van der Waals surface area contributed by atoms with Crippen LogP contribution in [-0.2, 0) is 0 Å². The van der Waals surface area contributed by atoms with E-state index < -0.39 is 0 Å². The normalized spacial score (nSPS) is 15.5. The van der Waals surface area contributed by atoms with Crippen LogP contribution in [-0.4, -0.2) is 36.1 Å². The van der Waals surface area contributed by atoms with Crippen LogP contribution < -0.4 is 10.2 Å². The summed E-state index contributed by atoms with van der Waals surface area (Å²) in [5, 5.41) is 3.46. The van der Waals surface area contributed by atoms with Crippen molar-refractivity contribution in [3.63, 3.8) is 0 Å². The van der Waals surface area contributed by atoms with Gasteiger partial charge in [0.05, 0.1) is 0 Å². The molecule has 1 aliphatic rings. The Morgan fingerprint density at radius 3 is 2.79 bits per heavy atom.